The van der Waals surface area contributed by atoms with Gasteiger partial charge in [-0.15, -0.1) is 0 Å². The van der Waals surface area contributed by atoms with Crippen molar-refractivity contribution in [1.82, 2.24) is 15.0 Å². The smallest absolute Gasteiger partial charge is 0.228 e. The number of rotatable bonds is 3. The minimum atomic E-state index is 0.0148. The molecule has 0 atom stereocenters. The van der Waals surface area contributed by atoms with Gasteiger partial charge in [-0.05, 0) is 29.8 Å². The molecule has 2 N–H and O–H groups in total. The Balaban J connectivity index is 1.71. The summed E-state index contributed by atoms with van der Waals surface area (Å²) in [5.74, 6) is 1.17. The summed E-state index contributed by atoms with van der Waals surface area (Å²) in [5.41, 5.74) is 3.24. The van der Waals surface area contributed by atoms with Gasteiger partial charge in [-0.1, -0.05) is 0 Å². The minimum Gasteiger partial charge on any atom is -0.481 e. The van der Waals surface area contributed by atoms with E-state index in [1.807, 2.05) is 24.3 Å². The molecule has 114 valence electrons. The molecule has 0 fully saturated rings. The van der Waals surface area contributed by atoms with Gasteiger partial charge in [0.1, 0.15) is 12.1 Å². The second kappa shape index (κ2) is 5.20. The van der Waals surface area contributed by atoms with E-state index < -0.39 is 0 Å². The summed E-state index contributed by atoms with van der Waals surface area (Å²) in [4.78, 5) is 24.2. The van der Waals surface area contributed by atoms with Gasteiger partial charge >= 0.3 is 0 Å². The van der Waals surface area contributed by atoms with Crippen LogP contribution in [0.4, 0.5) is 17.2 Å². The molecule has 0 aliphatic carbocycles. The molecule has 23 heavy (non-hydrogen) atoms. The Labute approximate surface area is 131 Å². The number of aromatic nitrogens is 3. The Morgan fingerprint density at radius 3 is 3.00 bits per heavy atom. The number of hydrogen-bond acceptors (Lipinski definition) is 6. The van der Waals surface area contributed by atoms with Gasteiger partial charge in [0.2, 0.25) is 11.8 Å². The van der Waals surface area contributed by atoms with E-state index in [-0.39, 0.29) is 5.91 Å². The maximum atomic E-state index is 11.4. The first-order chi connectivity index (χ1) is 11.2. The number of ether oxygens (including phenoxy) is 1. The summed E-state index contributed by atoms with van der Waals surface area (Å²) in [6.45, 7) is 0. The van der Waals surface area contributed by atoms with Crippen molar-refractivity contribution < 1.29 is 9.53 Å². The van der Waals surface area contributed by atoms with E-state index >= 15 is 0 Å². The molecule has 0 spiro atoms. The van der Waals surface area contributed by atoms with E-state index in [2.05, 4.69) is 25.6 Å². The quantitative estimate of drug-likeness (QED) is 0.771. The zero-order valence-corrected chi connectivity index (χ0v) is 12.3. The minimum absolute atomic E-state index is 0.0148. The number of carbonyl (C=O) groups excluding carboxylic acids is 1. The highest BCUT2D eigenvalue weighted by atomic mass is 16.5. The van der Waals surface area contributed by atoms with Crippen molar-refractivity contribution in [2.45, 2.75) is 6.42 Å². The third-order valence-electron chi connectivity index (χ3n) is 3.67. The van der Waals surface area contributed by atoms with Crippen molar-refractivity contribution in [3.8, 4) is 5.88 Å². The maximum Gasteiger partial charge on any atom is 0.228 e. The first-order valence-electron chi connectivity index (χ1n) is 7.08. The molecule has 1 aliphatic heterocycles. The predicted octanol–water partition coefficient (Wildman–Crippen LogP) is 2.27. The number of carbonyl (C=O) groups is 1. The second-order valence-corrected chi connectivity index (χ2v) is 5.17. The number of nitrogens with one attached hydrogen (secondary N) is 2. The topological polar surface area (TPSA) is 89.0 Å². The third-order valence-corrected chi connectivity index (χ3v) is 3.67. The molecule has 0 bridgehead atoms. The first kappa shape index (κ1) is 13.4. The number of benzene rings is 1. The van der Waals surface area contributed by atoms with Crippen molar-refractivity contribution in [1.29, 1.82) is 0 Å². The molecule has 0 saturated carbocycles. The predicted molar refractivity (Wildman–Crippen MR) is 85.9 cm³/mol. The number of hydrogen-bond donors (Lipinski definition) is 2. The van der Waals surface area contributed by atoms with E-state index in [4.69, 9.17) is 4.74 Å². The van der Waals surface area contributed by atoms with Crippen LogP contribution in [0.5, 0.6) is 5.88 Å². The van der Waals surface area contributed by atoms with E-state index in [0.717, 1.165) is 22.3 Å². The molecule has 1 aromatic carbocycles. The largest absolute Gasteiger partial charge is 0.481 e. The number of anilines is 3. The van der Waals surface area contributed by atoms with Crippen LogP contribution in [0.3, 0.4) is 0 Å². The molecule has 0 radical (unpaired) electrons. The van der Waals surface area contributed by atoms with Gasteiger partial charge in [0.25, 0.3) is 0 Å². The maximum absolute atomic E-state index is 11.4. The third kappa shape index (κ3) is 2.42. The standard InChI is InChI=1S/C16H13N5O2/c1-23-14-5-3-11-15(17-8-18-16(11)21-14)19-10-2-4-12-9(6-10)7-13(22)20-12/h2-6,8H,7H2,1H3,(H,20,22)(H,17,18,19,21). The molecule has 7 heteroatoms. The molecule has 1 amide bonds. The van der Waals surface area contributed by atoms with Crippen LogP contribution in [0.1, 0.15) is 5.56 Å². The summed E-state index contributed by atoms with van der Waals surface area (Å²) >= 11 is 0. The zero-order chi connectivity index (χ0) is 15.8. The average Bonchev–Trinajstić information content (AvgIpc) is 2.94. The molecular formula is C16H13N5O2. The van der Waals surface area contributed by atoms with Crippen LogP contribution in [-0.2, 0) is 11.2 Å². The molecule has 7 nitrogen and oxygen atoms in total. The van der Waals surface area contributed by atoms with E-state index in [1.165, 1.54) is 6.33 Å². The molecule has 0 saturated heterocycles. The van der Waals surface area contributed by atoms with Crippen LogP contribution < -0.4 is 15.4 Å². The lowest BCUT2D eigenvalue weighted by Gasteiger charge is -2.09. The van der Waals surface area contributed by atoms with Crippen LogP contribution >= 0.6 is 0 Å². The number of amides is 1. The summed E-state index contributed by atoms with van der Waals surface area (Å²) in [6.07, 6.45) is 1.85. The average molecular weight is 307 g/mol. The van der Waals surface area contributed by atoms with Crippen molar-refractivity contribution in [3.63, 3.8) is 0 Å². The van der Waals surface area contributed by atoms with Crippen LogP contribution in [0, 0.1) is 0 Å². The van der Waals surface area contributed by atoms with E-state index in [0.29, 0.717) is 23.8 Å². The number of methoxy groups -OCH3 is 1. The Bertz CT molecular complexity index is 925. The van der Waals surface area contributed by atoms with Crippen molar-refractivity contribution in [2.24, 2.45) is 0 Å². The lowest BCUT2D eigenvalue weighted by molar-refractivity contribution is -0.115. The lowest BCUT2D eigenvalue weighted by Crippen LogP contribution is -2.03. The van der Waals surface area contributed by atoms with Gasteiger partial charge in [0.05, 0.1) is 18.9 Å². The van der Waals surface area contributed by atoms with Gasteiger partial charge < -0.3 is 15.4 Å². The number of fused-ring (bicyclic) bond motifs is 2. The van der Waals surface area contributed by atoms with Crippen LogP contribution in [0.2, 0.25) is 0 Å². The van der Waals surface area contributed by atoms with E-state index in [1.54, 1.807) is 13.2 Å². The fraction of sp³-hybridized carbons (Fsp3) is 0.125. The molecule has 2 aromatic heterocycles. The summed E-state index contributed by atoms with van der Waals surface area (Å²) in [7, 11) is 1.56. The fourth-order valence-electron chi connectivity index (χ4n) is 2.58. The first-order valence-corrected chi connectivity index (χ1v) is 7.08. The number of nitrogens with zero attached hydrogens (tertiary/aromatic N) is 3. The van der Waals surface area contributed by atoms with Gasteiger partial charge in [0.15, 0.2) is 5.65 Å². The Morgan fingerprint density at radius 2 is 2.13 bits per heavy atom. The van der Waals surface area contributed by atoms with Crippen molar-refractivity contribution in [3.05, 3.63) is 42.2 Å². The Hall–Kier alpha value is -3.22. The van der Waals surface area contributed by atoms with Gasteiger partial charge in [-0.25, -0.2) is 9.97 Å². The molecular weight excluding hydrogens is 294 g/mol. The summed E-state index contributed by atoms with van der Waals surface area (Å²) < 4.78 is 5.11. The molecule has 3 heterocycles. The fourth-order valence-corrected chi connectivity index (χ4v) is 2.58. The van der Waals surface area contributed by atoms with Gasteiger partial charge in [0, 0.05) is 17.4 Å². The molecule has 4 rings (SSSR count). The molecule has 1 aliphatic rings. The van der Waals surface area contributed by atoms with Crippen molar-refractivity contribution in [2.75, 3.05) is 17.7 Å². The SMILES string of the molecule is COc1ccc2c(Nc3ccc4c(c3)CC(=O)N4)ncnc2n1. The van der Waals surface area contributed by atoms with Crippen molar-refractivity contribution >= 4 is 34.1 Å². The lowest BCUT2D eigenvalue weighted by atomic mass is 10.1. The Kier molecular flexibility index (Phi) is 3.04. The van der Waals surface area contributed by atoms with Gasteiger partial charge in [-0.2, -0.15) is 4.98 Å². The highest BCUT2D eigenvalue weighted by Crippen LogP contribution is 2.29. The zero-order valence-electron chi connectivity index (χ0n) is 12.3. The highest BCUT2D eigenvalue weighted by molar-refractivity contribution is 5.99. The summed E-state index contributed by atoms with van der Waals surface area (Å²) in [6, 6.07) is 9.35. The molecule has 0 unspecified atom stereocenters. The monoisotopic (exact) mass is 307 g/mol. The van der Waals surface area contributed by atoms with Crippen LogP contribution in [0.15, 0.2) is 36.7 Å². The Morgan fingerprint density at radius 1 is 1.22 bits per heavy atom. The van der Waals surface area contributed by atoms with Crippen LogP contribution in [-0.4, -0.2) is 28.0 Å². The summed E-state index contributed by atoms with van der Waals surface area (Å²) in [5, 5.41) is 6.87. The van der Waals surface area contributed by atoms with E-state index in [9.17, 15) is 4.79 Å². The second-order valence-electron chi connectivity index (χ2n) is 5.17. The highest BCUT2D eigenvalue weighted by Gasteiger charge is 2.17. The number of pyridine rings is 1. The normalized spacial score (nSPS) is 12.8. The molecule has 3 aromatic rings. The van der Waals surface area contributed by atoms with Crippen LogP contribution in [0.25, 0.3) is 11.0 Å². The van der Waals surface area contributed by atoms with Gasteiger partial charge in [-0.3, -0.25) is 4.79 Å².